The van der Waals surface area contributed by atoms with Crippen molar-refractivity contribution in [2.75, 3.05) is 12.3 Å². The van der Waals surface area contributed by atoms with Gasteiger partial charge in [0.1, 0.15) is 6.04 Å². The van der Waals surface area contributed by atoms with Crippen LogP contribution in [0, 0.1) is 12.8 Å². The first-order valence-corrected chi connectivity index (χ1v) is 14.3. The summed E-state index contributed by atoms with van der Waals surface area (Å²) in [5, 5.41) is 4.06. The molecule has 4 nitrogen and oxygen atoms in total. The summed E-state index contributed by atoms with van der Waals surface area (Å²) in [6, 6.07) is 22.8. The minimum absolute atomic E-state index is 0.0775. The van der Waals surface area contributed by atoms with Crippen LogP contribution in [0.2, 0.25) is 10.0 Å². The van der Waals surface area contributed by atoms with Crippen LogP contribution in [0.15, 0.2) is 72.8 Å². The fourth-order valence-corrected chi connectivity index (χ4v) is 5.01. The quantitative estimate of drug-likeness (QED) is 0.262. The highest BCUT2D eigenvalue weighted by Gasteiger charge is 2.30. The smallest absolute Gasteiger partial charge is 0.243 e. The molecule has 2 amide bonds. The summed E-state index contributed by atoms with van der Waals surface area (Å²) in [5.41, 5.74) is 4.14. The summed E-state index contributed by atoms with van der Waals surface area (Å²) in [6.07, 6.45) is 0.444. The first-order valence-electron chi connectivity index (χ1n) is 12.4. The normalized spacial score (nSPS) is 11.8. The predicted octanol–water partition coefficient (Wildman–Crippen LogP) is 6.95. The average molecular weight is 558 g/mol. The molecule has 7 heteroatoms. The lowest BCUT2D eigenvalue weighted by atomic mass is 10.0. The van der Waals surface area contributed by atoms with Gasteiger partial charge >= 0.3 is 0 Å². The second kappa shape index (κ2) is 14.5. The maximum absolute atomic E-state index is 13.7. The monoisotopic (exact) mass is 556 g/mol. The first-order chi connectivity index (χ1) is 17.7. The van der Waals surface area contributed by atoms with Gasteiger partial charge < -0.3 is 10.2 Å². The molecule has 0 saturated carbocycles. The van der Waals surface area contributed by atoms with Gasteiger partial charge in [0, 0.05) is 25.3 Å². The Labute approximate surface area is 234 Å². The molecule has 37 heavy (non-hydrogen) atoms. The van der Waals surface area contributed by atoms with Crippen LogP contribution >= 0.6 is 35.0 Å². The fourth-order valence-electron chi connectivity index (χ4n) is 3.84. The highest BCUT2D eigenvalue weighted by atomic mass is 35.5. The molecule has 0 radical (unpaired) electrons. The summed E-state index contributed by atoms with van der Waals surface area (Å²) in [5.74, 6) is 0.960. The summed E-state index contributed by atoms with van der Waals surface area (Å²) < 4.78 is 0. The van der Waals surface area contributed by atoms with Crippen molar-refractivity contribution in [1.82, 2.24) is 10.2 Å². The zero-order valence-electron chi connectivity index (χ0n) is 21.5. The van der Waals surface area contributed by atoms with Crippen LogP contribution in [-0.2, 0) is 28.3 Å². The largest absolute Gasteiger partial charge is 0.354 e. The molecular weight excluding hydrogens is 523 g/mol. The molecule has 1 atom stereocenters. The van der Waals surface area contributed by atoms with E-state index in [2.05, 4.69) is 19.2 Å². The molecule has 3 aromatic rings. The Morgan fingerprint density at radius 3 is 2.22 bits per heavy atom. The summed E-state index contributed by atoms with van der Waals surface area (Å²) in [7, 11) is 0. The molecule has 0 aliphatic heterocycles. The van der Waals surface area contributed by atoms with Crippen LogP contribution in [0.4, 0.5) is 0 Å². The van der Waals surface area contributed by atoms with Crippen molar-refractivity contribution in [3.05, 3.63) is 105 Å². The number of aryl methyl sites for hydroxylation is 1. The predicted molar refractivity (Wildman–Crippen MR) is 156 cm³/mol. The van der Waals surface area contributed by atoms with E-state index in [4.69, 9.17) is 23.2 Å². The summed E-state index contributed by atoms with van der Waals surface area (Å²) in [4.78, 5) is 28.9. The van der Waals surface area contributed by atoms with E-state index >= 15 is 0 Å². The second-order valence-corrected chi connectivity index (χ2v) is 11.4. The van der Waals surface area contributed by atoms with Gasteiger partial charge in [-0.1, -0.05) is 103 Å². The van der Waals surface area contributed by atoms with Crippen LogP contribution in [-0.4, -0.2) is 35.1 Å². The number of carbonyl (C=O) groups excluding carboxylic acids is 2. The second-order valence-electron chi connectivity index (χ2n) is 9.59. The first kappa shape index (κ1) is 29.1. The lowest BCUT2D eigenvalue weighted by Crippen LogP contribution is -2.51. The highest BCUT2D eigenvalue weighted by Crippen LogP contribution is 2.25. The number of hydrogen-bond acceptors (Lipinski definition) is 3. The maximum Gasteiger partial charge on any atom is 0.243 e. The van der Waals surface area contributed by atoms with E-state index in [9.17, 15) is 9.59 Å². The molecule has 3 rings (SSSR count). The molecule has 0 spiro atoms. The van der Waals surface area contributed by atoms with Gasteiger partial charge in [0.05, 0.1) is 15.8 Å². The van der Waals surface area contributed by atoms with Gasteiger partial charge in [0.2, 0.25) is 11.8 Å². The fraction of sp³-hybridized carbons (Fsp3) is 0.333. The Hall–Kier alpha value is -2.47. The number of amides is 2. The number of halogens is 2. The van der Waals surface area contributed by atoms with Gasteiger partial charge in [-0.25, -0.2) is 0 Å². The number of thioether (sulfide) groups is 1. The van der Waals surface area contributed by atoms with Crippen molar-refractivity contribution in [1.29, 1.82) is 0 Å². The molecule has 0 heterocycles. The maximum atomic E-state index is 13.7. The summed E-state index contributed by atoms with van der Waals surface area (Å²) in [6.45, 7) is 7.06. The van der Waals surface area contributed by atoms with E-state index in [1.165, 1.54) is 11.8 Å². The van der Waals surface area contributed by atoms with Gasteiger partial charge in [-0.15, -0.1) is 11.8 Å². The van der Waals surface area contributed by atoms with Crippen LogP contribution in [0.3, 0.4) is 0 Å². The van der Waals surface area contributed by atoms with Crippen molar-refractivity contribution in [2.45, 2.75) is 45.5 Å². The third-order valence-corrected chi connectivity index (χ3v) is 7.63. The van der Waals surface area contributed by atoms with Crippen molar-refractivity contribution >= 4 is 46.8 Å². The zero-order chi connectivity index (χ0) is 26.8. The number of carbonyl (C=O) groups is 2. The third kappa shape index (κ3) is 9.41. The Morgan fingerprint density at radius 1 is 0.892 bits per heavy atom. The Balaban J connectivity index is 1.83. The minimum Gasteiger partial charge on any atom is -0.354 e. The standard InChI is InChI=1S/C30H34Cl2N2O2S/c1-21(2)17-33-30(36)28(16-23-7-5-4-6-8-23)34(18-24-11-9-22(3)10-12-24)29(35)20-37-19-25-13-14-26(31)27(32)15-25/h4-15,21,28H,16-20H2,1-3H3,(H,33,36)/t28-/m1/s1. The van der Waals surface area contributed by atoms with E-state index in [0.29, 0.717) is 41.2 Å². The van der Waals surface area contributed by atoms with E-state index < -0.39 is 6.04 Å². The van der Waals surface area contributed by atoms with Crippen LogP contribution in [0.1, 0.15) is 36.1 Å². The molecule has 0 bridgehead atoms. The molecule has 0 aliphatic carbocycles. The molecule has 0 unspecified atom stereocenters. The Kier molecular flexibility index (Phi) is 11.4. The van der Waals surface area contributed by atoms with Crippen molar-refractivity contribution < 1.29 is 9.59 Å². The van der Waals surface area contributed by atoms with Crippen LogP contribution in [0.25, 0.3) is 0 Å². The van der Waals surface area contributed by atoms with Gasteiger partial charge in [0.15, 0.2) is 0 Å². The van der Waals surface area contributed by atoms with E-state index in [1.54, 1.807) is 11.0 Å². The lowest BCUT2D eigenvalue weighted by Gasteiger charge is -2.32. The van der Waals surface area contributed by atoms with E-state index in [-0.39, 0.29) is 17.6 Å². The lowest BCUT2D eigenvalue weighted by molar-refractivity contribution is -0.139. The molecule has 1 N–H and O–H groups in total. The highest BCUT2D eigenvalue weighted by molar-refractivity contribution is 7.99. The average Bonchev–Trinajstić information content (AvgIpc) is 2.88. The van der Waals surface area contributed by atoms with Crippen LogP contribution in [0.5, 0.6) is 0 Å². The van der Waals surface area contributed by atoms with Crippen LogP contribution < -0.4 is 5.32 Å². The number of hydrogen-bond donors (Lipinski definition) is 1. The number of benzene rings is 3. The number of nitrogens with one attached hydrogen (secondary N) is 1. The van der Waals surface area contributed by atoms with Gasteiger partial charge in [0.25, 0.3) is 0 Å². The summed E-state index contributed by atoms with van der Waals surface area (Å²) >= 11 is 13.7. The Bertz CT molecular complexity index is 1170. The van der Waals surface area contributed by atoms with E-state index in [1.807, 2.05) is 73.7 Å². The van der Waals surface area contributed by atoms with E-state index in [0.717, 1.165) is 22.3 Å². The van der Waals surface area contributed by atoms with Gasteiger partial charge in [-0.05, 0) is 41.7 Å². The van der Waals surface area contributed by atoms with Crippen molar-refractivity contribution in [2.24, 2.45) is 5.92 Å². The minimum atomic E-state index is -0.625. The molecule has 0 aromatic heterocycles. The van der Waals surface area contributed by atoms with Gasteiger partial charge in [-0.2, -0.15) is 0 Å². The molecule has 0 aliphatic rings. The molecular formula is C30H34Cl2N2O2S. The molecule has 0 fully saturated rings. The topological polar surface area (TPSA) is 49.4 Å². The molecule has 0 saturated heterocycles. The SMILES string of the molecule is Cc1ccc(CN(C(=O)CSCc2ccc(Cl)c(Cl)c2)[C@H](Cc2ccccc2)C(=O)NCC(C)C)cc1. The number of rotatable bonds is 12. The van der Waals surface area contributed by atoms with Crippen molar-refractivity contribution in [3.63, 3.8) is 0 Å². The zero-order valence-corrected chi connectivity index (χ0v) is 23.9. The van der Waals surface area contributed by atoms with Crippen molar-refractivity contribution in [3.8, 4) is 0 Å². The molecule has 196 valence electrons. The van der Waals surface area contributed by atoms with Gasteiger partial charge in [-0.3, -0.25) is 9.59 Å². The number of nitrogens with zero attached hydrogens (tertiary/aromatic N) is 1. The molecule has 3 aromatic carbocycles. The Morgan fingerprint density at radius 2 is 1.57 bits per heavy atom. The third-order valence-electron chi connectivity index (χ3n) is 5.91.